The minimum Gasteiger partial charge on any atom is -0.481 e. The van der Waals surface area contributed by atoms with E-state index in [2.05, 4.69) is 19.9 Å². The smallest absolute Gasteiger partial charge is 0.312 e. The zero-order chi connectivity index (χ0) is 22.0. The molecule has 1 saturated carbocycles. The van der Waals surface area contributed by atoms with Gasteiger partial charge in [-0.15, -0.1) is 0 Å². The molecule has 164 valence electrons. The van der Waals surface area contributed by atoms with Crippen molar-refractivity contribution in [1.82, 2.24) is 19.4 Å². The van der Waals surface area contributed by atoms with Crippen molar-refractivity contribution in [3.05, 3.63) is 29.9 Å². The summed E-state index contributed by atoms with van der Waals surface area (Å²) in [6.45, 7) is 0. The van der Waals surface area contributed by atoms with Crippen LogP contribution in [0.5, 0.6) is 0 Å². The van der Waals surface area contributed by atoms with Crippen molar-refractivity contribution in [3.8, 4) is 0 Å². The van der Waals surface area contributed by atoms with Crippen LogP contribution in [0.2, 0.25) is 0 Å². The zero-order valence-corrected chi connectivity index (χ0v) is 17.9. The second-order valence-corrected chi connectivity index (χ2v) is 8.39. The summed E-state index contributed by atoms with van der Waals surface area (Å²) in [5.41, 5.74) is 1.37. The van der Waals surface area contributed by atoms with Crippen LogP contribution in [0.4, 0.5) is 5.95 Å². The van der Waals surface area contributed by atoms with Gasteiger partial charge < -0.3 is 19.9 Å². The number of aliphatic carboxylic acids is 1. The fourth-order valence-corrected chi connectivity index (χ4v) is 4.23. The first-order valence-corrected chi connectivity index (χ1v) is 10.8. The summed E-state index contributed by atoms with van der Waals surface area (Å²) in [4.78, 5) is 38.9. The van der Waals surface area contributed by atoms with E-state index in [-0.39, 0.29) is 11.9 Å². The third-order valence-corrected chi connectivity index (χ3v) is 5.91. The van der Waals surface area contributed by atoms with Gasteiger partial charge in [0.1, 0.15) is 17.2 Å². The number of nitrogens with zero attached hydrogens (tertiary/aromatic N) is 5. The van der Waals surface area contributed by atoms with Gasteiger partial charge in [0.2, 0.25) is 5.95 Å². The van der Waals surface area contributed by atoms with Gasteiger partial charge in [0.25, 0.3) is 5.91 Å². The summed E-state index contributed by atoms with van der Waals surface area (Å²) in [7, 11) is 3.52. The third kappa shape index (κ3) is 4.45. The first kappa shape index (κ1) is 21.0. The van der Waals surface area contributed by atoms with Gasteiger partial charge in [-0.1, -0.05) is 25.7 Å². The van der Waals surface area contributed by atoms with Crippen LogP contribution < -0.4 is 5.32 Å². The number of rotatable bonds is 5. The van der Waals surface area contributed by atoms with E-state index in [4.69, 9.17) is 10.1 Å². The van der Waals surface area contributed by atoms with Gasteiger partial charge in [0, 0.05) is 37.9 Å². The summed E-state index contributed by atoms with van der Waals surface area (Å²) >= 11 is 0. The lowest BCUT2D eigenvalue weighted by Gasteiger charge is -2.22. The van der Waals surface area contributed by atoms with Crippen molar-refractivity contribution in [2.24, 2.45) is 10.9 Å². The maximum absolute atomic E-state index is 12.9. The molecule has 2 aromatic heterocycles. The largest absolute Gasteiger partial charge is 0.481 e. The number of hydrogen-bond donors (Lipinski definition) is 2. The number of aliphatic imine (C=N–C) groups is 1. The Morgan fingerprint density at radius 1 is 1.19 bits per heavy atom. The van der Waals surface area contributed by atoms with Crippen LogP contribution in [-0.4, -0.2) is 56.7 Å². The number of carboxylic acids is 1. The molecular formula is C22H28N6O3. The first-order chi connectivity index (χ1) is 14.9. The Balaban J connectivity index is 1.69. The number of hydrogen-bond acceptors (Lipinski definition) is 6. The van der Waals surface area contributed by atoms with Crippen LogP contribution in [-0.2, 0) is 4.79 Å². The van der Waals surface area contributed by atoms with Crippen molar-refractivity contribution in [1.29, 1.82) is 0 Å². The summed E-state index contributed by atoms with van der Waals surface area (Å²) in [6.07, 6.45) is 12.0. The maximum Gasteiger partial charge on any atom is 0.312 e. The molecule has 1 unspecified atom stereocenters. The van der Waals surface area contributed by atoms with Crippen LogP contribution in [0.1, 0.15) is 61.5 Å². The predicted molar refractivity (Wildman–Crippen MR) is 118 cm³/mol. The summed E-state index contributed by atoms with van der Waals surface area (Å²) in [5, 5.41) is 13.0. The molecule has 2 N–H and O–H groups in total. The summed E-state index contributed by atoms with van der Waals surface area (Å²) < 4.78 is 2.09. The molecule has 2 aromatic rings. The van der Waals surface area contributed by atoms with E-state index in [0.717, 1.165) is 36.7 Å². The molecule has 9 heteroatoms. The molecule has 0 saturated heterocycles. The van der Waals surface area contributed by atoms with E-state index in [9.17, 15) is 9.59 Å². The monoisotopic (exact) mass is 424 g/mol. The lowest BCUT2D eigenvalue weighted by Crippen LogP contribution is -2.26. The molecule has 1 aliphatic heterocycles. The number of carboxylic acid groups (broad SMARTS) is 1. The highest BCUT2D eigenvalue weighted by atomic mass is 16.4. The van der Waals surface area contributed by atoms with Gasteiger partial charge in [0.05, 0.1) is 5.92 Å². The van der Waals surface area contributed by atoms with Crippen molar-refractivity contribution in [2.45, 2.75) is 51.0 Å². The Morgan fingerprint density at radius 3 is 2.55 bits per heavy atom. The average Bonchev–Trinajstić information content (AvgIpc) is 2.92. The fraction of sp³-hybridized carbons (Fsp3) is 0.500. The highest BCUT2D eigenvalue weighted by molar-refractivity contribution is 5.98. The normalized spacial score (nSPS) is 19.7. The number of nitrogens with one attached hydrogen (secondary N) is 1. The van der Waals surface area contributed by atoms with Crippen molar-refractivity contribution in [2.75, 3.05) is 19.4 Å². The standard InChI is InChI=1S/C22H28N6O3/c1-27(2)20(29)17-11-15-13-24-22(25-18-10-9-14(12-23-18)21(30)31)26-19(15)28(17)16-7-5-3-4-6-8-16/h10-14,16H,3-9H2,1-2H3,(H,30,31)(H,24,25,26). The van der Waals surface area contributed by atoms with E-state index in [0.29, 0.717) is 23.9 Å². The molecule has 0 aromatic carbocycles. The second kappa shape index (κ2) is 8.87. The summed E-state index contributed by atoms with van der Waals surface area (Å²) in [6, 6.07) is 2.10. The number of aromatic nitrogens is 3. The Kier molecular flexibility index (Phi) is 6.01. The Bertz CT molecular complexity index is 1050. The van der Waals surface area contributed by atoms with Crippen LogP contribution in [0.25, 0.3) is 11.0 Å². The number of amides is 1. The number of fused-ring (bicyclic) bond motifs is 1. The Hall–Kier alpha value is -3.23. The van der Waals surface area contributed by atoms with Gasteiger partial charge in [-0.3, -0.25) is 9.59 Å². The SMILES string of the molecule is CN(C)C(=O)c1cc2cnc(NC3=CCC(C(=O)O)C=N3)nc2n1C1CCCCCC1. The third-order valence-electron chi connectivity index (χ3n) is 5.91. The van der Waals surface area contributed by atoms with Crippen molar-refractivity contribution >= 4 is 35.1 Å². The minimum atomic E-state index is -0.893. The van der Waals surface area contributed by atoms with Gasteiger partial charge in [0.15, 0.2) is 0 Å². The fourth-order valence-electron chi connectivity index (χ4n) is 4.23. The molecule has 1 amide bonds. The van der Waals surface area contributed by atoms with Crippen molar-refractivity contribution < 1.29 is 14.7 Å². The van der Waals surface area contributed by atoms with Gasteiger partial charge >= 0.3 is 5.97 Å². The average molecular weight is 425 g/mol. The molecule has 0 radical (unpaired) electrons. The van der Waals surface area contributed by atoms with Gasteiger partial charge in [-0.25, -0.2) is 9.98 Å². The molecule has 9 nitrogen and oxygen atoms in total. The Labute approximate surface area is 180 Å². The van der Waals surface area contributed by atoms with E-state index in [1.165, 1.54) is 19.1 Å². The van der Waals surface area contributed by atoms with E-state index in [1.807, 2.05) is 6.07 Å². The molecular weight excluding hydrogens is 396 g/mol. The molecule has 31 heavy (non-hydrogen) atoms. The lowest BCUT2D eigenvalue weighted by molar-refractivity contribution is -0.139. The topological polar surface area (TPSA) is 113 Å². The van der Waals surface area contributed by atoms with E-state index < -0.39 is 11.9 Å². The number of allylic oxidation sites excluding steroid dienone is 1. The van der Waals surface area contributed by atoms with Crippen LogP contribution in [0.15, 0.2) is 29.2 Å². The first-order valence-electron chi connectivity index (χ1n) is 10.8. The molecule has 1 aliphatic carbocycles. The molecule has 0 spiro atoms. The van der Waals surface area contributed by atoms with Crippen LogP contribution in [0.3, 0.4) is 0 Å². The maximum atomic E-state index is 12.9. The second-order valence-electron chi connectivity index (χ2n) is 8.39. The summed E-state index contributed by atoms with van der Waals surface area (Å²) in [5.74, 6) is -0.649. The van der Waals surface area contributed by atoms with E-state index in [1.54, 1.807) is 31.3 Å². The lowest BCUT2D eigenvalue weighted by atomic mass is 10.1. The predicted octanol–water partition coefficient (Wildman–Crippen LogP) is 3.46. The highest BCUT2D eigenvalue weighted by Crippen LogP contribution is 2.33. The van der Waals surface area contributed by atoms with Gasteiger partial charge in [-0.05, 0) is 31.4 Å². The minimum absolute atomic E-state index is 0.0453. The van der Waals surface area contributed by atoms with Crippen LogP contribution >= 0.6 is 0 Å². The molecule has 4 rings (SSSR count). The zero-order valence-electron chi connectivity index (χ0n) is 17.9. The molecule has 2 aliphatic rings. The molecule has 0 bridgehead atoms. The Morgan fingerprint density at radius 2 is 1.94 bits per heavy atom. The quantitative estimate of drug-likeness (QED) is 0.711. The van der Waals surface area contributed by atoms with E-state index >= 15 is 0 Å². The molecule has 1 fully saturated rings. The number of anilines is 1. The highest BCUT2D eigenvalue weighted by Gasteiger charge is 2.25. The van der Waals surface area contributed by atoms with Crippen LogP contribution in [0, 0.1) is 5.92 Å². The molecule has 1 atom stereocenters. The number of carbonyl (C=O) groups is 2. The number of carbonyl (C=O) groups excluding carboxylic acids is 1. The van der Waals surface area contributed by atoms with Crippen molar-refractivity contribution in [3.63, 3.8) is 0 Å². The molecule has 3 heterocycles. The van der Waals surface area contributed by atoms with Gasteiger partial charge in [-0.2, -0.15) is 4.98 Å².